The molecule has 2 heterocycles. The van der Waals surface area contributed by atoms with Crippen LogP contribution in [0, 0.1) is 0 Å². The molecular formula is C16H20N2O2S. The average molecular weight is 304 g/mol. The smallest absolute Gasteiger partial charge is 0.254 e. The van der Waals surface area contributed by atoms with Gasteiger partial charge in [0.2, 0.25) is 0 Å². The summed E-state index contributed by atoms with van der Waals surface area (Å²) in [7, 11) is 0. The normalized spacial score (nSPS) is 22.1. The van der Waals surface area contributed by atoms with Gasteiger partial charge in [-0.1, -0.05) is 13.3 Å². The maximum absolute atomic E-state index is 12.9. The summed E-state index contributed by atoms with van der Waals surface area (Å²) in [4.78, 5) is 19.0. The van der Waals surface area contributed by atoms with Crippen molar-refractivity contribution in [2.75, 3.05) is 13.2 Å². The number of hydrogen-bond donors (Lipinski definition) is 1. The van der Waals surface area contributed by atoms with Crippen molar-refractivity contribution in [3.8, 4) is 0 Å². The van der Waals surface area contributed by atoms with E-state index in [-0.39, 0.29) is 18.1 Å². The second-order valence-corrected chi connectivity index (χ2v) is 6.61. The summed E-state index contributed by atoms with van der Waals surface area (Å²) in [6, 6.07) is 5.66. The molecule has 1 aromatic carbocycles. The van der Waals surface area contributed by atoms with Crippen molar-refractivity contribution in [3.63, 3.8) is 0 Å². The number of amides is 1. The second-order valence-electron chi connectivity index (χ2n) is 5.73. The van der Waals surface area contributed by atoms with Gasteiger partial charge in [0.05, 0.1) is 27.9 Å². The minimum absolute atomic E-state index is 0.0327. The van der Waals surface area contributed by atoms with Gasteiger partial charge in [0.15, 0.2) is 0 Å². The number of likely N-dealkylation sites (tertiary alicyclic amines) is 1. The van der Waals surface area contributed by atoms with Crippen LogP contribution in [0.2, 0.25) is 0 Å². The Morgan fingerprint density at radius 3 is 3.14 bits per heavy atom. The van der Waals surface area contributed by atoms with Crippen molar-refractivity contribution in [2.24, 2.45) is 0 Å². The van der Waals surface area contributed by atoms with Crippen LogP contribution in [-0.4, -0.2) is 39.6 Å². The van der Waals surface area contributed by atoms with Crippen LogP contribution in [0.1, 0.15) is 43.0 Å². The fourth-order valence-electron chi connectivity index (χ4n) is 3.37. The van der Waals surface area contributed by atoms with Crippen molar-refractivity contribution in [2.45, 2.75) is 38.1 Å². The highest BCUT2D eigenvalue weighted by Gasteiger charge is 2.42. The number of carbonyl (C=O) groups is 1. The predicted molar refractivity (Wildman–Crippen MR) is 84.6 cm³/mol. The monoisotopic (exact) mass is 304 g/mol. The van der Waals surface area contributed by atoms with Gasteiger partial charge in [0.1, 0.15) is 0 Å². The molecule has 5 heteroatoms. The zero-order valence-corrected chi connectivity index (χ0v) is 13.0. The van der Waals surface area contributed by atoms with Crippen molar-refractivity contribution in [1.29, 1.82) is 0 Å². The maximum Gasteiger partial charge on any atom is 0.254 e. The Kier molecular flexibility index (Phi) is 3.95. The summed E-state index contributed by atoms with van der Waals surface area (Å²) in [5.74, 6) is 0.0327. The van der Waals surface area contributed by atoms with Gasteiger partial charge in [-0.15, -0.1) is 11.3 Å². The van der Waals surface area contributed by atoms with Gasteiger partial charge in [-0.3, -0.25) is 4.79 Å². The molecule has 1 unspecified atom stereocenters. The molecule has 0 spiro atoms. The molecule has 1 fully saturated rings. The minimum atomic E-state index is -0.367. The Morgan fingerprint density at radius 1 is 1.52 bits per heavy atom. The number of aliphatic hydroxyl groups is 1. The molecule has 2 aromatic rings. The lowest BCUT2D eigenvalue weighted by atomic mass is 9.91. The van der Waals surface area contributed by atoms with E-state index in [1.165, 1.54) is 0 Å². The number of hydrogen-bond acceptors (Lipinski definition) is 4. The van der Waals surface area contributed by atoms with Crippen LogP contribution in [0.4, 0.5) is 0 Å². The van der Waals surface area contributed by atoms with E-state index in [9.17, 15) is 9.90 Å². The lowest BCUT2D eigenvalue weighted by Crippen LogP contribution is -2.50. The van der Waals surface area contributed by atoms with E-state index in [0.717, 1.165) is 42.4 Å². The molecule has 1 aliphatic rings. The SMILES string of the molecule is CCCC1(CO)CCCN1C(=O)c1ccc2ncsc2c1. The van der Waals surface area contributed by atoms with Gasteiger partial charge in [0, 0.05) is 12.1 Å². The molecule has 1 N–H and O–H groups in total. The van der Waals surface area contributed by atoms with Crippen LogP contribution in [0.5, 0.6) is 0 Å². The van der Waals surface area contributed by atoms with Gasteiger partial charge < -0.3 is 10.0 Å². The fourth-order valence-corrected chi connectivity index (χ4v) is 4.08. The first-order valence-electron chi connectivity index (χ1n) is 7.46. The first-order valence-corrected chi connectivity index (χ1v) is 8.34. The number of aromatic nitrogens is 1. The van der Waals surface area contributed by atoms with E-state index in [1.54, 1.807) is 16.8 Å². The number of thiazole rings is 1. The zero-order chi connectivity index (χ0) is 14.9. The molecule has 0 radical (unpaired) electrons. The number of aliphatic hydroxyl groups excluding tert-OH is 1. The molecule has 4 nitrogen and oxygen atoms in total. The van der Waals surface area contributed by atoms with Gasteiger partial charge >= 0.3 is 0 Å². The third kappa shape index (κ3) is 2.45. The lowest BCUT2D eigenvalue weighted by molar-refractivity contribution is 0.0377. The van der Waals surface area contributed by atoms with E-state index >= 15 is 0 Å². The summed E-state index contributed by atoms with van der Waals surface area (Å²) in [5, 5.41) is 9.85. The minimum Gasteiger partial charge on any atom is -0.394 e. The zero-order valence-electron chi connectivity index (χ0n) is 12.2. The van der Waals surface area contributed by atoms with E-state index in [4.69, 9.17) is 0 Å². The van der Waals surface area contributed by atoms with Crippen molar-refractivity contribution >= 4 is 27.5 Å². The fraction of sp³-hybridized carbons (Fsp3) is 0.500. The molecule has 1 saturated heterocycles. The van der Waals surface area contributed by atoms with Crippen LogP contribution in [0.25, 0.3) is 10.2 Å². The van der Waals surface area contributed by atoms with Gasteiger partial charge in [0.25, 0.3) is 5.91 Å². The number of nitrogens with zero attached hydrogens (tertiary/aromatic N) is 2. The number of rotatable bonds is 4. The highest BCUT2D eigenvalue weighted by Crippen LogP contribution is 2.35. The number of carbonyl (C=O) groups excluding carboxylic acids is 1. The van der Waals surface area contributed by atoms with Crippen LogP contribution >= 0.6 is 11.3 Å². The number of fused-ring (bicyclic) bond motifs is 1. The molecule has 1 aliphatic heterocycles. The van der Waals surface area contributed by atoms with Crippen molar-refractivity contribution in [3.05, 3.63) is 29.3 Å². The Bertz CT molecular complexity index is 655. The van der Waals surface area contributed by atoms with E-state index < -0.39 is 0 Å². The van der Waals surface area contributed by atoms with E-state index in [1.807, 2.05) is 23.1 Å². The molecule has 112 valence electrons. The standard InChI is InChI=1S/C16H20N2O2S/c1-2-6-16(10-19)7-3-8-18(16)15(20)12-4-5-13-14(9-12)21-11-17-13/h4-5,9,11,19H,2-3,6-8,10H2,1H3. The number of benzene rings is 1. The Labute approximate surface area is 128 Å². The van der Waals surface area contributed by atoms with Crippen LogP contribution in [0.15, 0.2) is 23.7 Å². The predicted octanol–water partition coefficient (Wildman–Crippen LogP) is 3.06. The molecule has 21 heavy (non-hydrogen) atoms. The first kappa shape index (κ1) is 14.5. The van der Waals surface area contributed by atoms with Gasteiger partial charge in [-0.2, -0.15) is 0 Å². The van der Waals surface area contributed by atoms with Crippen LogP contribution in [-0.2, 0) is 0 Å². The highest BCUT2D eigenvalue weighted by atomic mass is 32.1. The second kappa shape index (κ2) is 5.73. The van der Waals surface area contributed by atoms with Crippen molar-refractivity contribution in [1.82, 2.24) is 9.88 Å². The maximum atomic E-state index is 12.9. The molecular weight excluding hydrogens is 284 g/mol. The Hall–Kier alpha value is -1.46. The molecule has 1 aromatic heterocycles. The molecule has 3 rings (SSSR count). The van der Waals surface area contributed by atoms with Crippen LogP contribution in [0.3, 0.4) is 0 Å². The lowest BCUT2D eigenvalue weighted by Gasteiger charge is -2.37. The summed E-state index contributed by atoms with van der Waals surface area (Å²) in [6.45, 7) is 2.89. The third-order valence-corrected chi connectivity index (χ3v) is 5.22. The summed E-state index contributed by atoms with van der Waals surface area (Å²) in [6.07, 6.45) is 3.69. The van der Waals surface area contributed by atoms with Crippen LogP contribution < -0.4 is 0 Å². The first-order chi connectivity index (χ1) is 10.2. The molecule has 0 bridgehead atoms. The van der Waals surface area contributed by atoms with Gasteiger partial charge in [-0.05, 0) is 37.5 Å². The summed E-state index contributed by atoms with van der Waals surface area (Å²) >= 11 is 1.55. The largest absolute Gasteiger partial charge is 0.394 e. The van der Waals surface area contributed by atoms with E-state index in [2.05, 4.69) is 11.9 Å². The summed E-state index contributed by atoms with van der Waals surface area (Å²) < 4.78 is 1.03. The quantitative estimate of drug-likeness (QED) is 0.944. The van der Waals surface area contributed by atoms with E-state index in [0.29, 0.717) is 5.56 Å². The summed E-state index contributed by atoms with van der Waals surface area (Å²) in [5.41, 5.74) is 3.06. The average Bonchev–Trinajstić information content (AvgIpc) is 3.12. The topological polar surface area (TPSA) is 53.4 Å². The molecule has 1 atom stereocenters. The molecule has 1 amide bonds. The van der Waals surface area contributed by atoms with Crippen molar-refractivity contribution < 1.29 is 9.90 Å². The van der Waals surface area contributed by atoms with Gasteiger partial charge in [-0.25, -0.2) is 4.98 Å². The molecule has 0 aliphatic carbocycles. The Morgan fingerprint density at radius 2 is 2.38 bits per heavy atom. The molecule has 0 saturated carbocycles. The highest BCUT2D eigenvalue weighted by molar-refractivity contribution is 7.16. The Balaban J connectivity index is 1.92. The third-order valence-electron chi connectivity index (χ3n) is 4.43.